The van der Waals surface area contributed by atoms with Crippen LogP contribution in [0.5, 0.6) is 0 Å². The highest BCUT2D eigenvalue weighted by molar-refractivity contribution is 8.00. The van der Waals surface area contributed by atoms with Crippen LogP contribution in [0.25, 0.3) is 0 Å². The van der Waals surface area contributed by atoms with E-state index in [2.05, 4.69) is 25.6 Å². The molecule has 1 aliphatic carbocycles. The van der Waals surface area contributed by atoms with Crippen LogP contribution in [0.15, 0.2) is 0 Å². The third-order valence-corrected chi connectivity index (χ3v) is 8.40. The number of hydrogen-bond acceptors (Lipinski definition) is 3. The van der Waals surface area contributed by atoms with Crippen molar-refractivity contribution in [3.63, 3.8) is 0 Å². The SMILES string of the molecule is CC1(N)C(N)CCCCCSC1(C)C1CCCCCCCC1. The maximum absolute atomic E-state index is 6.95. The van der Waals surface area contributed by atoms with E-state index in [4.69, 9.17) is 11.5 Å². The summed E-state index contributed by atoms with van der Waals surface area (Å²) in [7, 11) is 0. The van der Waals surface area contributed by atoms with Crippen molar-refractivity contribution in [3.8, 4) is 0 Å². The van der Waals surface area contributed by atoms with Crippen molar-refractivity contribution in [1.82, 2.24) is 0 Å². The average Bonchev–Trinajstić information content (AvgIpc) is 2.65. The lowest BCUT2D eigenvalue weighted by Crippen LogP contribution is -2.67. The zero-order chi connectivity index (χ0) is 16.1. The Balaban J connectivity index is 2.22. The minimum Gasteiger partial charge on any atom is -0.326 e. The smallest absolute Gasteiger partial charge is 0.0428 e. The predicted octanol–water partition coefficient (Wildman–Crippen LogP) is 4.85. The van der Waals surface area contributed by atoms with Gasteiger partial charge in [0.05, 0.1) is 0 Å². The number of thioether (sulfide) groups is 1. The second kappa shape index (κ2) is 8.39. The molecule has 0 amide bonds. The normalized spacial score (nSPS) is 40.6. The fourth-order valence-corrected chi connectivity index (χ4v) is 6.20. The molecule has 2 fully saturated rings. The van der Waals surface area contributed by atoms with E-state index < -0.39 is 0 Å². The third-order valence-electron chi connectivity index (χ3n) is 6.54. The maximum atomic E-state index is 6.95. The Kier molecular flexibility index (Phi) is 7.10. The Hall–Kier alpha value is 0.270. The molecule has 0 bridgehead atoms. The van der Waals surface area contributed by atoms with Gasteiger partial charge in [0, 0.05) is 16.3 Å². The first-order valence-electron chi connectivity index (χ1n) is 9.67. The van der Waals surface area contributed by atoms with Crippen molar-refractivity contribution in [2.75, 3.05) is 5.75 Å². The van der Waals surface area contributed by atoms with E-state index >= 15 is 0 Å². The fourth-order valence-electron chi connectivity index (χ4n) is 4.49. The van der Waals surface area contributed by atoms with Gasteiger partial charge in [-0.15, -0.1) is 0 Å². The van der Waals surface area contributed by atoms with Crippen molar-refractivity contribution in [1.29, 1.82) is 0 Å². The van der Waals surface area contributed by atoms with Gasteiger partial charge in [-0.1, -0.05) is 51.4 Å². The molecular weight excluding hydrogens is 288 g/mol. The van der Waals surface area contributed by atoms with Gasteiger partial charge in [-0.25, -0.2) is 0 Å². The quantitative estimate of drug-likeness (QED) is 0.724. The summed E-state index contributed by atoms with van der Waals surface area (Å²) in [4.78, 5) is 0. The lowest BCUT2D eigenvalue weighted by atomic mass is 9.69. The summed E-state index contributed by atoms with van der Waals surface area (Å²) in [5.74, 6) is 1.99. The van der Waals surface area contributed by atoms with Gasteiger partial charge in [-0.3, -0.25) is 0 Å². The Bertz CT molecular complexity index is 321. The van der Waals surface area contributed by atoms with Gasteiger partial charge >= 0.3 is 0 Å². The fraction of sp³-hybridized carbons (Fsp3) is 1.00. The van der Waals surface area contributed by atoms with Crippen LogP contribution >= 0.6 is 11.8 Å². The second-order valence-electron chi connectivity index (χ2n) is 8.09. The first-order valence-corrected chi connectivity index (χ1v) is 10.7. The van der Waals surface area contributed by atoms with Gasteiger partial charge in [0.15, 0.2) is 0 Å². The molecule has 2 rings (SSSR count). The number of rotatable bonds is 1. The van der Waals surface area contributed by atoms with Crippen LogP contribution in [-0.4, -0.2) is 22.1 Å². The van der Waals surface area contributed by atoms with Crippen LogP contribution in [0.2, 0.25) is 0 Å². The summed E-state index contributed by atoms with van der Waals surface area (Å²) < 4.78 is 0.126. The summed E-state index contributed by atoms with van der Waals surface area (Å²) in [5.41, 5.74) is 13.3. The Morgan fingerprint density at radius 1 is 0.773 bits per heavy atom. The van der Waals surface area contributed by atoms with E-state index in [0.29, 0.717) is 0 Å². The van der Waals surface area contributed by atoms with E-state index in [1.165, 1.54) is 76.4 Å². The number of nitrogens with two attached hydrogens (primary N) is 2. The Morgan fingerprint density at radius 2 is 1.27 bits per heavy atom. The first-order chi connectivity index (χ1) is 10.5. The van der Waals surface area contributed by atoms with Crippen LogP contribution in [0.4, 0.5) is 0 Å². The van der Waals surface area contributed by atoms with Crippen LogP contribution in [-0.2, 0) is 0 Å². The summed E-state index contributed by atoms with van der Waals surface area (Å²) in [5, 5.41) is 0. The van der Waals surface area contributed by atoms with Gasteiger partial charge in [0.25, 0.3) is 0 Å². The molecule has 1 aliphatic heterocycles. The molecule has 1 heterocycles. The second-order valence-corrected chi connectivity index (χ2v) is 9.63. The molecular formula is C19H38N2S. The monoisotopic (exact) mass is 326 g/mol. The average molecular weight is 327 g/mol. The van der Waals surface area contributed by atoms with Gasteiger partial charge < -0.3 is 11.5 Å². The summed E-state index contributed by atoms with van der Waals surface area (Å²) in [6.45, 7) is 4.70. The standard InChI is InChI=1S/C19H38N2S/c1-18(21)17(20)14-10-7-11-15-22-19(18,2)16-12-8-5-3-4-6-9-13-16/h16-17H,3-15,20-21H2,1-2H3. The molecule has 22 heavy (non-hydrogen) atoms. The zero-order valence-corrected chi connectivity index (χ0v) is 15.7. The number of hydrogen-bond donors (Lipinski definition) is 2. The van der Waals surface area contributed by atoms with Gasteiger partial charge in [0.1, 0.15) is 0 Å². The van der Waals surface area contributed by atoms with Crippen LogP contribution in [0.3, 0.4) is 0 Å². The van der Waals surface area contributed by atoms with Crippen molar-refractivity contribution in [2.24, 2.45) is 17.4 Å². The molecule has 2 aliphatic rings. The maximum Gasteiger partial charge on any atom is 0.0428 e. The van der Waals surface area contributed by atoms with E-state index in [1.807, 2.05) is 0 Å². The van der Waals surface area contributed by atoms with Gasteiger partial charge in [0.2, 0.25) is 0 Å². The molecule has 0 aromatic rings. The highest BCUT2D eigenvalue weighted by atomic mass is 32.2. The van der Waals surface area contributed by atoms with Crippen molar-refractivity contribution in [3.05, 3.63) is 0 Å². The molecule has 0 radical (unpaired) electrons. The van der Waals surface area contributed by atoms with E-state index in [-0.39, 0.29) is 16.3 Å². The summed E-state index contributed by atoms with van der Waals surface area (Å²) >= 11 is 2.15. The van der Waals surface area contributed by atoms with Crippen LogP contribution in [0.1, 0.15) is 90.9 Å². The van der Waals surface area contributed by atoms with E-state index in [0.717, 1.165) is 12.3 Å². The van der Waals surface area contributed by atoms with Crippen molar-refractivity contribution < 1.29 is 0 Å². The molecule has 0 aromatic heterocycles. The summed E-state index contributed by atoms with van der Waals surface area (Å²) in [6.07, 6.45) is 16.1. The molecule has 1 saturated carbocycles. The highest BCUT2D eigenvalue weighted by Gasteiger charge is 2.50. The van der Waals surface area contributed by atoms with Crippen molar-refractivity contribution in [2.45, 2.75) is 107 Å². The molecule has 1 saturated heterocycles. The van der Waals surface area contributed by atoms with Gasteiger partial charge in [-0.05, 0) is 51.2 Å². The minimum absolute atomic E-state index is 0.126. The lowest BCUT2D eigenvalue weighted by molar-refractivity contribution is 0.195. The van der Waals surface area contributed by atoms with Crippen LogP contribution in [0, 0.1) is 5.92 Å². The molecule has 0 aromatic carbocycles. The summed E-state index contributed by atoms with van der Waals surface area (Å²) in [6, 6.07) is 0.135. The van der Waals surface area contributed by atoms with Crippen molar-refractivity contribution >= 4 is 11.8 Å². The molecule has 130 valence electrons. The minimum atomic E-state index is -0.263. The largest absolute Gasteiger partial charge is 0.326 e. The Morgan fingerprint density at radius 3 is 1.91 bits per heavy atom. The third kappa shape index (κ3) is 4.21. The lowest BCUT2D eigenvalue weighted by Gasteiger charge is -2.51. The highest BCUT2D eigenvalue weighted by Crippen LogP contribution is 2.48. The molecule has 3 heteroatoms. The predicted molar refractivity (Wildman–Crippen MR) is 100 cm³/mol. The molecule has 3 atom stereocenters. The molecule has 3 unspecified atom stereocenters. The topological polar surface area (TPSA) is 52.0 Å². The van der Waals surface area contributed by atoms with Crippen LogP contribution < -0.4 is 11.5 Å². The molecule has 2 nitrogen and oxygen atoms in total. The zero-order valence-electron chi connectivity index (χ0n) is 14.9. The Labute approximate surface area is 142 Å². The molecule has 4 N–H and O–H groups in total. The molecule has 0 spiro atoms. The van der Waals surface area contributed by atoms with E-state index in [9.17, 15) is 0 Å². The van der Waals surface area contributed by atoms with Gasteiger partial charge in [-0.2, -0.15) is 11.8 Å². The van der Waals surface area contributed by atoms with E-state index in [1.54, 1.807) is 0 Å². The first kappa shape index (κ1) is 18.6.